The third-order valence-electron chi connectivity index (χ3n) is 8.79. The first kappa shape index (κ1) is 26.6. The fourth-order valence-corrected chi connectivity index (χ4v) is 6.79. The summed E-state index contributed by atoms with van der Waals surface area (Å²) < 4.78 is 2.28. The second kappa shape index (κ2) is 10.7. The fraction of sp³-hybridized carbons (Fsp3) is 0. The van der Waals surface area contributed by atoms with Gasteiger partial charge in [-0.15, -0.1) is 0 Å². The Hall–Kier alpha value is -5.77. The summed E-state index contributed by atoms with van der Waals surface area (Å²) in [6.07, 6.45) is 0. The number of para-hydroxylation sites is 1. The molecule has 3 nitrogen and oxygen atoms in total. The SMILES string of the molecule is Clc1ccc2c(c1)c1cc3ccccc3cc1n2-c1nc(-c2cc(-c3ccccc3)cc(-c3ccccc3)c2)nc2ccccc12. The molecule has 0 aliphatic rings. The molecule has 0 N–H and O–H groups in total. The molecule has 2 heterocycles. The van der Waals surface area contributed by atoms with E-state index in [0.717, 1.165) is 66.3 Å². The van der Waals surface area contributed by atoms with Crippen LogP contribution in [0.15, 0.2) is 158 Å². The highest BCUT2D eigenvalue weighted by atomic mass is 35.5. The van der Waals surface area contributed by atoms with E-state index < -0.39 is 0 Å². The summed E-state index contributed by atoms with van der Waals surface area (Å²) in [6, 6.07) is 55.0. The molecule has 0 spiro atoms. The van der Waals surface area contributed by atoms with E-state index in [1.54, 1.807) is 0 Å². The van der Waals surface area contributed by atoms with Crippen molar-refractivity contribution in [1.82, 2.24) is 14.5 Å². The van der Waals surface area contributed by atoms with Crippen molar-refractivity contribution >= 4 is 55.1 Å². The van der Waals surface area contributed by atoms with Crippen molar-refractivity contribution in [3.05, 3.63) is 163 Å². The quantitative estimate of drug-likeness (QED) is 0.199. The maximum atomic E-state index is 6.59. The van der Waals surface area contributed by atoms with E-state index in [4.69, 9.17) is 21.6 Å². The van der Waals surface area contributed by atoms with Crippen molar-refractivity contribution < 1.29 is 0 Å². The number of hydrogen-bond donors (Lipinski definition) is 0. The Morgan fingerprint density at radius 2 is 1.00 bits per heavy atom. The predicted octanol–water partition coefficient (Wildman–Crippen LogP) is 11.5. The lowest BCUT2D eigenvalue weighted by molar-refractivity contribution is 1.08. The van der Waals surface area contributed by atoms with Crippen LogP contribution in [0.25, 0.3) is 82.9 Å². The molecule has 2 aromatic heterocycles. The fourth-order valence-electron chi connectivity index (χ4n) is 6.62. The second-order valence-electron chi connectivity index (χ2n) is 11.6. The molecule has 9 rings (SSSR count). The van der Waals surface area contributed by atoms with E-state index in [2.05, 4.69) is 138 Å². The van der Waals surface area contributed by atoms with Crippen LogP contribution in [0.5, 0.6) is 0 Å². The molecule has 0 aliphatic heterocycles. The molecule has 0 saturated heterocycles. The van der Waals surface area contributed by atoms with Gasteiger partial charge in [0.15, 0.2) is 5.82 Å². The Balaban J connectivity index is 1.36. The number of fused-ring (bicyclic) bond motifs is 5. The van der Waals surface area contributed by atoms with Gasteiger partial charge in [-0.05, 0) is 93.7 Å². The first-order chi connectivity index (χ1) is 22.7. The van der Waals surface area contributed by atoms with Crippen LogP contribution in [0.3, 0.4) is 0 Å². The van der Waals surface area contributed by atoms with Gasteiger partial charge in [-0.1, -0.05) is 109 Å². The summed E-state index contributed by atoms with van der Waals surface area (Å²) in [4.78, 5) is 10.6. The van der Waals surface area contributed by atoms with Crippen LogP contribution >= 0.6 is 11.6 Å². The molecule has 46 heavy (non-hydrogen) atoms. The Morgan fingerprint density at radius 1 is 0.413 bits per heavy atom. The minimum atomic E-state index is 0.674. The van der Waals surface area contributed by atoms with Crippen LogP contribution in [0.2, 0.25) is 5.02 Å². The normalized spacial score (nSPS) is 11.6. The molecular formula is C42H26ClN3. The van der Waals surface area contributed by atoms with Crippen LogP contribution in [0.4, 0.5) is 0 Å². The third kappa shape index (κ3) is 4.44. The van der Waals surface area contributed by atoms with E-state index in [1.165, 1.54) is 10.8 Å². The monoisotopic (exact) mass is 607 g/mol. The van der Waals surface area contributed by atoms with Gasteiger partial charge < -0.3 is 0 Å². The molecule has 0 atom stereocenters. The van der Waals surface area contributed by atoms with Gasteiger partial charge in [0, 0.05) is 26.7 Å². The van der Waals surface area contributed by atoms with Gasteiger partial charge in [0.1, 0.15) is 5.82 Å². The average molecular weight is 608 g/mol. The van der Waals surface area contributed by atoms with Crippen molar-refractivity contribution in [3.8, 4) is 39.5 Å². The number of halogens is 1. The van der Waals surface area contributed by atoms with Crippen molar-refractivity contribution in [1.29, 1.82) is 0 Å². The predicted molar refractivity (Wildman–Crippen MR) is 193 cm³/mol. The number of hydrogen-bond acceptors (Lipinski definition) is 2. The largest absolute Gasteiger partial charge is 0.293 e. The minimum Gasteiger partial charge on any atom is -0.293 e. The molecular weight excluding hydrogens is 582 g/mol. The molecule has 0 radical (unpaired) electrons. The highest BCUT2D eigenvalue weighted by molar-refractivity contribution is 6.32. The number of rotatable bonds is 4. The molecule has 7 aromatic carbocycles. The van der Waals surface area contributed by atoms with Crippen LogP contribution in [-0.2, 0) is 0 Å². The van der Waals surface area contributed by atoms with E-state index in [-0.39, 0.29) is 0 Å². The van der Waals surface area contributed by atoms with Gasteiger partial charge in [0.2, 0.25) is 0 Å². The highest BCUT2D eigenvalue weighted by Gasteiger charge is 2.19. The summed E-state index contributed by atoms with van der Waals surface area (Å²) in [7, 11) is 0. The molecule has 0 saturated carbocycles. The first-order valence-electron chi connectivity index (χ1n) is 15.4. The van der Waals surface area contributed by atoms with Crippen LogP contribution in [0.1, 0.15) is 0 Å². The molecule has 4 heteroatoms. The van der Waals surface area contributed by atoms with E-state index >= 15 is 0 Å². The lowest BCUT2D eigenvalue weighted by Crippen LogP contribution is -2.03. The molecule has 0 fully saturated rings. The highest BCUT2D eigenvalue weighted by Crippen LogP contribution is 2.38. The van der Waals surface area contributed by atoms with Gasteiger partial charge in [0.25, 0.3) is 0 Å². The Bertz CT molecular complexity index is 2530. The summed E-state index contributed by atoms with van der Waals surface area (Å²) >= 11 is 6.59. The topological polar surface area (TPSA) is 30.7 Å². The van der Waals surface area contributed by atoms with E-state index in [1.807, 2.05) is 24.3 Å². The van der Waals surface area contributed by atoms with Gasteiger partial charge in [-0.3, -0.25) is 4.57 Å². The molecule has 0 bridgehead atoms. The average Bonchev–Trinajstić information content (AvgIpc) is 3.42. The number of aromatic nitrogens is 3. The van der Waals surface area contributed by atoms with Gasteiger partial charge >= 0.3 is 0 Å². The maximum Gasteiger partial charge on any atom is 0.162 e. The third-order valence-corrected chi connectivity index (χ3v) is 9.03. The van der Waals surface area contributed by atoms with E-state index in [0.29, 0.717) is 10.8 Å². The van der Waals surface area contributed by atoms with Gasteiger partial charge in [-0.25, -0.2) is 9.97 Å². The van der Waals surface area contributed by atoms with Crippen molar-refractivity contribution in [2.45, 2.75) is 0 Å². The molecule has 9 aromatic rings. The Labute approximate surface area is 271 Å². The van der Waals surface area contributed by atoms with Crippen LogP contribution in [-0.4, -0.2) is 14.5 Å². The zero-order valence-corrected chi connectivity index (χ0v) is 25.5. The standard InChI is InChI=1S/C42H26ClN3/c43-34-19-20-39-37(26-34)36-24-29-15-7-8-16-30(29)25-40(36)46(39)42-35-17-9-10-18-38(35)44-41(45-42)33-22-31(27-11-3-1-4-12-27)21-32(23-33)28-13-5-2-6-14-28/h1-26H. The van der Waals surface area contributed by atoms with Crippen molar-refractivity contribution in [2.24, 2.45) is 0 Å². The van der Waals surface area contributed by atoms with E-state index in [9.17, 15) is 0 Å². The lowest BCUT2D eigenvalue weighted by atomic mass is 9.96. The molecule has 0 amide bonds. The zero-order valence-electron chi connectivity index (χ0n) is 24.7. The summed E-state index contributed by atoms with van der Waals surface area (Å²) in [5.41, 5.74) is 8.50. The van der Waals surface area contributed by atoms with Crippen LogP contribution in [0, 0.1) is 0 Å². The van der Waals surface area contributed by atoms with Crippen molar-refractivity contribution in [2.75, 3.05) is 0 Å². The number of nitrogens with zero attached hydrogens (tertiary/aromatic N) is 3. The molecule has 0 aliphatic carbocycles. The summed E-state index contributed by atoms with van der Waals surface area (Å²) in [5.74, 6) is 1.51. The number of benzene rings is 7. The van der Waals surface area contributed by atoms with Crippen molar-refractivity contribution in [3.63, 3.8) is 0 Å². The first-order valence-corrected chi connectivity index (χ1v) is 15.7. The van der Waals surface area contributed by atoms with Crippen LogP contribution < -0.4 is 0 Å². The Kier molecular flexibility index (Phi) is 6.19. The molecule has 216 valence electrons. The maximum absolute atomic E-state index is 6.59. The second-order valence-corrected chi connectivity index (χ2v) is 12.1. The minimum absolute atomic E-state index is 0.674. The van der Waals surface area contributed by atoms with Gasteiger partial charge in [-0.2, -0.15) is 0 Å². The van der Waals surface area contributed by atoms with Gasteiger partial charge in [0.05, 0.1) is 16.6 Å². The zero-order chi connectivity index (χ0) is 30.6. The lowest BCUT2D eigenvalue weighted by Gasteiger charge is -2.14. The smallest absolute Gasteiger partial charge is 0.162 e. The molecule has 0 unspecified atom stereocenters. The summed E-state index contributed by atoms with van der Waals surface area (Å²) in [5, 5.41) is 6.28. The summed E-state index contributed by atoms with van der Waals surface area (Å²) in [6.45, 7) is 0. The Morgan fingerprint density at radius 3 is 1.72 bits per heavy atom.